The van der Waals surface area contributed by atoms with Gasteiger partial charge in [0.25, 0.3) is 6.43 Å². The molecule has 1 aromatic heterocycles. The fourth-order valence-corrected chi connectivity index (χ4v) is 1.15. The number of hydrogen-bond donors (Lipinski definition) is 0. The molecule has 0 atom stereocenters. The molecule has 92 valence electrons. The lowest BCUT2D eigenvalue weighted by Gasteiger charge is -2.14. The van der Waals surface area contributed by atoms with Crippen LogP contribution in [0, 0.1) is 18.3 Å². The fraction of sp³-hybridized carbons (Fsp3) is 0.333. The number of ether oxygens (including phenoxy) is 1. The SMILES string of the molecule is Cc1cc(C(F)F)c(OC(F)(F)F)c(C#N)n1. The molecule has 0 fully saturated rings. The first-order valence-corrected chi connectivity index (χ1v) is 4.20. The molecule has 1 heterocycles. The Bertz CT molecular complexity index is 464. The Morgan fingerprint density at radius 2 is 2.00 bits per heavy atom. The van der Waals surface area contributed by atoms with Crippen LogP contribution in [0.25, 0.3) is 0 Å². The second kappa shape index (κ2) is 4.53. The molecule has 1 aromatic rings. The van der Waals surface area contributed by atoms with Gasteiger partial charge in [-0.2, -0.15) is 5.26 Å². The Morgan fingerprint density at radius 3 is 2.41 bits per heavy atom. The Hall–Kier alpha value is -1.91. The smallest absolute Gasteiger partial charge is 0.402 e. The van der Waals surface area contributed by atoms with E-state index in [9.17, 15) is 22.0 Å². The van der Waals surface area contributed by atoms with E-state index in [1.165, 1.54) is 13.0 Å². The number of alkyl halides is 5. The molecule has 0 radical (unpaired) electrons. The van der Waals surface area contributed by atoms with Crippen molar-refractivity contribution in [2.45, 2.75) is 19.7 Å². The molecule has 0 amide bonds. The summed E-state index contributed by atoms with van der Waals surface area (Å²) in [4.78, 5) is 3.40. The molecule has 0 aromatic carbocycles. The van der Waals surface area contributed by atoms with Gasteiger partial charge in [-0.3, -0.25) is 0 Å². The van der Waals surface area contributed by atoms with E-state index in [4.69, 9.17) is 5.26 Å². The number of halogens is 5. The zero-order valence-electron chi connectivity index (χ0n) is 8.35. The first kappa shape index (κ1) is 13.2. The molecule has 0 saturated carbocycles. The number of aromatic nitrogens is 1. The summed E-state index contributed by atoms with van der Waals surface area (Å²) in [5, 5.41) is 8.54. The molecule has 0 unspecified atom stereocenters. The summed E-state index contributed by atoms with van der Waals surface area (Å²) >= 11 is 0. The van der Waals surface area contributed by atoms with Crippen molar-refractivity contribution in [3.63, 3.8) is 0 Å². The number of rotatable bonds is 2. The standard InChI is InChI=1S/C9H5F5N2O/c1-4-2-5(8(10)11)7(6(3-15)16-4)17-9(12,13)14/h2,8H,1H3. The summed E-state index contributed by atoms with van der Waals surface area (Å²) in [6.07, 6.45) is -8.35. The highest BCUT2D eigenvalue weighted by atomic mass is 19.4. The van der Waals surface area contributed by atoms with Gasteiger partial charge >= 0.3 is 6.36 Å². The van der Waals surface area contributed by atoms with E-state index in [2.05, 4.69) is 9.72 Å². The molecule has 0 spiro atoms. The van der Waals surface area contributed by atoms with E-state index in [1.807, 2.05) is 0 Å². The van der Waals surface area contributed by atoms with Crippen molar-refractivity contribution < 1.29 is 26.7 Å². The Kier molecular flexibility index (Phi) is 3.50. The highest BCUT2D eigenvalue weighted by Gasteiger charge is 2.35. The maximum atomic E-state index is 12.5. The van der Waals surface area contributed by atoms with Gasteiger partial charge in [0, 0.05) is 5.69 Å². The maximum absolute atomic E-state index is 12.5. The van der Waals surface area contributed by atoms with E-state index in [0.29, 0.717) is 0 Å². The second-order valence-corrected chi connectivity index (χ2v) is 2.99. The second-order valence-electron chi connectivity index (χ2n) is 2.99. The monoisotopic (exact) mass is 252 g/mol. The summed E-state index contributed by atoms with van der Waals surface area (Å²) in [6, 6.07) is 2.03. The Balaban J connectivity index is 3.38. The molecule has 0 aliphatic rings. The largest absolute Gasteiger partial charge is 0.573 e. The van der Waals surface area contributed by atoms with E-state index in [0.717, 1.165) is 6.07 Å². The van der Waals surface area contributed by atoms with Crippen molar-refractivity contribution in [3.8, 4) is 11.8 Å². The van der Waals surface area contributed by atoms with Crippen LogP contribution in [-0.4, -0.2) is 11.3 Å². The molecule has 0 aliphatic heterocycles. The van der Waals surface area contributed by atoms with Crippen LogP contribution in [0.15, 0.2) is 6.07 Å². The maximum Gasteiger partial charge on any atom is 0.573 e. The zero-order valence-corrected chi connectivity index (χ0v) is 8.35. The van der Waals surface area contributed by atoms with Crippen LogP contribution in [0.1, 0.15) is 23.4 Å². The van der Waals surface area contributed by atoms with Gasteiger partial charge in [0.1, 0.15) is 6.07 Å². The van der Waals surface area contributed by atoms with Gasteiger partial charge in [-0.25, -0.2) is 13.8 Å². The molecule has 0 saturated heterocycles. The number of hydrogen-bond acceptors (Lipinski definition) is 3. The Morgan fingerprint density at radius 1 is 1.41 bits per heavy atom. The molecule has 3 nitrogen and oxygen atoms in total. The van der Waals surface area contributed by atoms with E-state index < -0.39 is 29.8 Å². The minimum absolute atomic E-state index is 0.00590. The molecular formula is C9H5F5N2O. The van der Waals surface area contributed by atoms with E-state index >= 15 is 0 Å². The summed E-state index contributed by atoms with van der Waals surface area (Å²) in [7, 11) is 0. The van der Waals surface area contributed by atoms with Gasteiger partial charge in [0.15, 0.2) is 11.4 Å². The fourth-order valence-electron chi connectivity index (χ4n) is 1.15. The Labute approximate surface area is 92.4 Å². The molecule has 0 aliphatic carbocycles. The van der Waals surface area contributed by atoms with Crippen LogP contribution in [0.5, 0.6) is 5.75 Å². The average molecular weight is 252 g/mol. The number of nitriles is 1. The third-order valence-electron chi connectivity index (χ3n) is 1.69. The molecule has 8 heteroatoms. The van der Waals surface area contributed by atoms with Crippen LogP contribution in [0.4, 0.5) is 22.0 Å². The minimum atomic E-state index is -5.16. The summed E-state index contributed by atoms with van der Waals surface area (Å²) in [6.45, 7) is 1.28. The normalized spacial score (nSPS) is 11.4. The summed E-state index contributed by atoms with van der Waals surface area (Å²) in [5.41, 5.74) is -1.82. The quantitative estimate of drug-likeness (QED) is 0.760. The van der Waals surface area contributed by atoms with Gasteiger partial charge < -0.3 is 4.74 Å². The van der Waals surface area contributed by atoms with Gasteiger partial charge in [-0.05, 0) is 13.0 Å². The van der Waals surface area contributed by atoms with E-state index in [-0.39, 0.29) is 5.69 Å². The van der Waals surface area contributed by atoms with Crippen LogP contribution in [0.3, 0.4) is 0 Å². The molecule has 0 N–H and O–H groups in total. The van der Waals surface area contributed by atoms with Crippen LogP contribution >= 0.6 is 0 Å². The first-order valence-electron chi connectivity index (χ1n) is 4.20. The zero-order chi connectivity index (χ0) is 13.2. The molecule has 17 heavy (non-hydrogen) atoms. The highest BCUT2D eigenvalue weighted by Crippen LogP contribution is 2.35. The van der Waals surface area contributed by atoms with Crippen molar-refractivity contribution in [1.29, 1.82) is 5.26 Å². The molecule has 0 bridgehead atoms. The predicted molar refractivity (Wildman–Crippen MR) is 45.3 cm³/mol. The highest BCUT2D eigenvalue weighted by molar-refractivity contribution is 5.45. The lowest BCUT2D eigenvalue weighted by molar-refractivity contribution is -0.275. The van der Waals surface area contributed by atoms with Crippen molar-refractivity contribution in [2.75, 3.05) is 0 Å². The third kappa shape index (κ3) is 3.27. The van der Waals surface area contributed by atoms with Crippen molar-refractivity contribution >= 4 is 0 Å². The first-order chi connectivity index (χ1) is 7.74. The van der Waals surface area contributed by atoms with Crippen LogP contribution in [-0.2, 0) is 0 Å². The predicted octanol–water partition coefficient (Wildman–Crippen LogP) is 3.10. The molecule has 1 rings (SSSR count). The summed E-state index contributed by atoms with van der Waals surface area (Å²) < 4.78 is 64.4. The number of nitrogens with zero attached hydrogens (tertiary/aromatic N) is 2. The third-order valence-corrected chi connectivity index (χ3v) is 1.69. The average Bonchev–Trinajstić information content (AvgIpc) is 2.17. The van der Waals surface area contributed by atoms with Gasteiger partial charge in [-0.15, -0.1) is 13.2 Å². The van der Waals surface area contributed by atoms with Crippen molar-refractivity contribution in [2.24, 2.45) is 0 Å². The molecular weight excluding hydrogens is 247 g/mol. The number of pyridine rings is 1. The van der Waals surface area contributed by atoms with Gasteiger partial charge in [0.05, 0.1) is 5.56 Å². The van der Waals surface area contributed by atoms with Crippen molar-refractivity contribution in [3.05, 3.63) is 23.0 Å². The van der Waals surface area contributed by atoms with E-state index in [1.54, 1.807) is 0 Å². The van der Waals surface area contributed by atoms with Gasteiger partial charge in [0.2, 0.25) is 0 Å². The minimum Gasteiger partial charge on any atom is -0.402 e. The van der Waals surface area contributed by atoms with Crippen LogP contribution < -0.4 is 4.74 Å². The van der Waals surface area contributed by atoms with Crippen LogP contribution in [0.2, 0.25) is 0 Å². The summed E-state index contributed by atoms with van der Waals surface area (Å²) in [5.74, 6) is -1.25. The lowest BCUT2D eigenvalue weighted by Crippen LogP contribution is -2.19. The van der Waals surface area contributed by atoms with Crippen molar-refractivity contribution in [1.82, 2.24) is 4.98 Å². The lowest BCUT2D eigenvalue weighted by atomic mass is 10.2. The topological polar surface area (TPSA) is 45.9 Å². The van der Waals surface area contributed by atoms with Gasteiger partial charge in [-0.1, -0.05) is 0 Å². The number of aryl methyl sites for hydroxylation is 1.